The predicted octanol–water partition coefficient (Wildman–Crippen LogP) is 0.223. The molecule has 14 heavy (non-hydrogen) atoms. The van der Waals surface area contributed by atoms with Crippen molar-refractivity contribution in [2.45, 2.75) is 6.92 Å². The van der Waals surface area contributed by atoms with Gasteiger partial charge in [-0.25, -0.2) is 0 Å². The normalized spacial score (nSPS) is 10.5. The van der Waals surface area contributed by atoms with Crippen LogP contribution in [0.1, 0.15) is 5.56 Å². The van der Waals surface area contributed by atoms with Crippen LogP contribution >= 0.6 is 0 Å². The van der Waals surface area contributed by atoms with Crippen LogP contribution in [0.2, 0.25) is 0 Å². The Morgan fingerprint density at radius 2 is 2.07 bits per heavy atom. The van der Waals surface area contributed by atoms with Gasteiger partial charge in [0.25, 0.3) is 0 Å². The highest BCUT2D eigenvalue weighted by molar-refractivity contribution is 6.58. The third-order valence-electron chi connectivity index (χ3n) is 2.23. The second-order valence-electron chi connectivity index (χ2n) is 3.29. The van der Waals surface area contributed by atoms with E-state index in [0.717, 1.165) is 16.5 Å². The molecule has 0 aliphatic heterocycles. The van der Waals surface area contributed by atoms with E-state index in [1.165, 1.54) is 6.20 Å². The van der Waals surface area contributed by atoms with Crippen LogP contribution in [0, 0.1) is 6.92 Å². The van der Waals surface area contributed by atoms with Crippen molar-refractivity contribution in [2.75, 3.05) is 0 Å². The lowest BCUT2D eigenvalue weighted by Crippen LogP contribution is -2.30. The van der Waals surface area contributed by atoms with Crippen LogP contribution in [-0.4, -0.2) is 22.2 Å². The smallest absolute Gasteiger partial charge is 0.423 e. The number of rotatable bonds is 1. The van der Waals surface area contributed by atoms with Crippen molar-refractivity contribution in [1.82, 2.24) is 4.98 Å². The largest absolute Gasteiger partial charge is 0.490 e. The minimum atomic E-state index is -1.45. The van der Waals surface area contributed by atoms with E-state index in [0.29, 0.717) is 5.46 Å². The Bertz CT molecular complexity index is 471. The summed E-state index contributed by atoms with van der Waals surface area (Å²) in [7, 11) is -1.45. The molecular formula is C10H10BNO2. The number of fused-ring (bicyclic) bond motifs is 1. The van der Waals surface area contributed by atoms with Gasteiger partial charge >= 0.3 is 7.12 Å². The Morgan fingerprint density at radius 3 is 2.79 bits per heavy atom. The molecule has 3 nitrogen and oxygen atoms in total. The number of nitrogens with zero attached hydrogens (tertiary/aromatic N) is 1. The number of aryl methyl sites for hydroxylation is 1. The van der Waals surface area contributed by atoms with Gasteiger partial charge in [0, 0.05) is 17.0 Å². The molecule has 2 aromatic rings. The van der Waals surface area contributed by atoms with E-state index < -0.39 is 7.12 Å². The molecule has 0 unspecified atom stereocenters. The van der Waals surface area contributed by atoms with Crippen molar-refractivity contribution in [3.8, 4) is 0 Å². The molecule has 0 spiro atoms. The lowest BCUT2D eigenvalue weighted by atomic mass is 9.81. The Kier molecular flexibility index (Phi) is 2.23. The van der Waals surface area contributed by atoms with Crippen molar-refractivity contribution in [3.05, 3.63) is 36.0 Å². The number of para-hydroxylation sites is 1. The molecule has 0 aliphatic carbocycles. The van der Waals surface area contributed by atoms with Gasteiger partial charge in [-0.3, -0.25) is 4.98 Å². The molecular weight excluding hydrogens is 177 g/mol. The fourth-order valence-electron chi connectivity index (χ4n) is 1.47. The Hall–Kier alpha value is -1.39. The SMILES string of the molecule is Cc1cccc2cc(B(O)O)cnc12. The summed E-state index contributed by atoms with van der Waals surface area (Å²) in [6.45, 7) is 1.98. The summed E-state index contributed by atoms with van der Waals surface area (Å²) in [6.07, 6.45) is 1.49. The predicted molar refractivity (Wildman–Crippen MR) is 56.3 cm³/mol. The van der Waals surface area contributed by atoms with Crippen molar-refractivity contribution in [3.63, 3.8) is 0 Å². The zero-order valence-corrected chi connectivity index (χ0v) is 7.81. The molecule has 0 fully saturated rings. The topological polar surface area (TPSA) is 53.4 Å². The van der Waals surface area contributed by atoms with Gasteiger partial charge in [0.2, 0.25) is 0 Å². The maximum Gasteiger partial charge on any atom is 0.490 e. The van der Waals surface area contributed by atoms with Crippen LogP contribution in [0.5, 0.6) is 0 Å². The van der Waals surface area contributed by atoms with E-state index in [-0.39, 0.29) is 0 Å². The minimum Gasteiger partial charge on any atom is -0.423 e. The number of hydrogen-bond acceptors (Lipinski definition) is 3. The third-order valence-corrected chi connectivity index (χ3v) is 2.23. The molecule has 0 amide bonds. The Morgan fingerprint density at radius 1 is 1.29 bits per heavy atom. The summed E-state index contributed by atoms with van der Waals surface area (Å²) in [5.74, 6) is 0. The molecule has 0 radical (unpaired) electrons. The molecule has 4 heteroatoms. The second kappa shape index (κ2) is 3.40. The van der Waals surface area contributed by atoms with Crippen LogP contribution in [0.25, 0.3) is 10.9 Å². The summed E-state index contributed by atoms with van der Waals surface area (Å²) < 4.78 is 0. The Labute approximate surface area is 82.2 Å². The molecule has 2 rings (SSSR count). The lowest BCUT2D eigenvalue weighted by molar-refractivity contribution is 0.425. The number of pyridine rings is 1. The average Bonchev–Trinajstić information content (AvgIpc) is 2.17. The monoisotopic (exact) mass is 187 g/mol. The van der Waals surface area contributed by atoms with Crippen LogP contribution in [0.3, 0.4) is 0 Å². The molecule has 1 aromatic carbocycles. The van der Waals surface area contributed by atoms with Crippen LogP contribution in [0.4, 0.5) is 0 Å². The highest BCUT2D eigenvalue weighted by Crippen LogP contribution is 2.13. The van der Waals surface area contributed by atoms with Gasteiger partial charge in [-0.1, -0.05) is 24.3 Å². The van der Waals surface area contributed by atoms with Gasteiger partial charge in [-0.05, 0) is 12.5 Å². The molecule has 2 N–H and O–H groups in total. The second-order valence-corrected chi connectivity index (χ2v) is 3.29. The molecule has 1 heterocycles. The molecule has 0 atom stereocenters. The van der Waals surface area contributed by atoms with E-state index in [2.05, 4.69) is 4.98 Å². The van der Waals surface area contributed by atoms with Crippen molar-refractivity contribution in [1.29, 1.82) is 0 Å². The van der Waals surface area contributed by atoms with Crippen LogP contribution in [0.15, 0.2) is 30.5 Å². The van der Waals surface area contributed by atoms with Gasteiger partial charge in [-0.15, -0.1) is 0 Å². The lowest BCUT2D eigenvalue weighted by Gasteiger charge is -2.03. The fraction of sp³-hybridized carbons (Fsp3) is 0.100. The van der Waals surface area contributed by atoms with Gasteiger partial charge in [0.05, 0.1) is 5.52 Å². The van der Waals surface area contributed by atoms with Crippen molar-refractivity contribution < 1.29 is 10.0 Å². The summed E-state index contributed by atoms with van der Waals surface area (Å²) in [5, 5.41) is 18.9. The van der Waals surface area contributed by atoms with E-state index >= 15 is 0 Å². The summed E-state index contributed by atoms with van der Waals surface area (Å²) in [4.78, 5) is 4.18. The van der Waals surface area contributed by atoms with Crippen LogP contribution < -0.4 is 5.46 Å². The number of aromatic nitrogens is 1. The molecule has 0 saturated carbocycles. The summed E-state index contributed by atoms with van der Waals surface area (Å²) >= 11 is 0. The highest BCUT2D eigenvalue weighted by Gasteiger charge is 2.11. The molecule has 1 aromatic heterocycles. The highest BCUT2D eigenvalue weighted by atomic mass is 16.4. The van der Waals surface area contributed by atoms with Gasteiger partial charge in [-0.2, -0.15) is 0 Å². The van der Waals surface area contributed by atoms with E-state index in [1.54, 1.807) is 6.07 Å². The maximum atomic E-state index is 8.97. The van der Waals surface area contributed by atoms with Gasteiger partial charge in [0.1, 0.15) is 0 Å². The fourth-order valence-corrected chi connectivity index (χ4v) is 1.47. The number of hydrogen-bond donors (Lipinski definition) is 2. The first kappa shape index (κ1) is 9.18. The zero-order valence-electron chi connectivity index (χ0n) is 7.81. The van der Waals surface area contributed by atoms with E-state index in [4.69, 9.17) is 10.0 Å². The molecule has 0 aliphatic rings. The van der Waals surface area contributed by atoms with Crippen molar-refractivity contribution >= 4 is 23.5 Å². The molecule has 0 bridgehead atoms. The first-order chi connectivity index (χ1) is 6.68. The van der Waals surface area contributed by atoms with Gasteiger partial charge in [0.15, 0.2) is 0 Å². The minimum absolute atomic E-state index is 0.420. The first-order valence-corrected chi connectivity index (χ1v) is 4.40. The quantitative estimate of drug-likeness (QED) is 0.628. The number of benzene rings is 1. The zero-order chi connectivity index (χ0) is 10.1. The van der Waals surface area contributed by atoms with E-state index in [1.807, 2.05) is 25.1 Å². The summed E-state index contributed by atoms with van der Waals surface area (Å²) in [6, 6.07) is 7.54. The first-order valence-electron chi connectivity index (χ1n) is 4.40. The standard InChI is InChI=1S/C10H10BNO2/c1-7-3-2-4-8-5-9(11(13)14)6-12-10(7)8/h2-6,13-14H,1H3. The van der Waals surface area contributed by atoms with Gasteiger partial charge < -0.3 is 10.0 Å². The van der Waals surface area contributed by atoms with E-state index in [9.17, 15) is 0 Å². The molecule has 0 saturated heterocycles. The Balaban J connectivity index is 2.67. The van der Waals surface area contributed by atoms with Crippen LogP contribution in [-0.2, 0) is 0 Å². The third kappa shape index (κ3) is 1.50. The average molecular weight is 187 g/mol. The maximum absolute atomic E-state index is 8.97. The van der Waals surface area contributed by atoms with Crippen molar-refractivity contribution in [2.24, 2.45) is 0 Å². The molecule has 70 valence electrons. The summed E-state index contributed by atoms with van der Waals surface area (Å²) in [5.41, 5.74) is 2.40.